The zero-order valence-corrected chi connectivity index (χ0v) is 11.0. The Hall–Kier alpha value is -1.03. The van der Waals surface area contributed by atoms with Gasteiger partial charge in [-0.15, -0.1) is 0 Å². The van der Waals surface area contributed by atoms with Crippen LogP contribution in [0.4, 0.5) is 5.82 Å². The van der Waals surface area contributed by atoms with E-state index in [0.717, 1.165) is 31.7 Å². The van der Waals surface area contributed by atoms with E-state index < -0.39 is 0 Å². The van der Waals surface area contributed by atoms with E-state index >= 15 is 0 Å². The lowest BCUT2D eigenvalue weighted by molar-refractivity contribution is 0.00920. The van der Waals surface area contributed by atoms with E-state index in [1.54, 1.807) is 0 Å². The van der Waals surface area contributed by atoms with Gasteiger partial charge in [-0.2, -0.15) is 5.10 Å². The number of hydrogen-bond donors (Lipinski definition) is 1. The predicted octanol–water partition coefficient (Wildman–Crippen LogP) is 2.83. The van der Waals surface area contributed by atoms with Gasteiger partial charge in [0.2, 0.25) is 0 Å². The van der Waals surface area contributed by atoms with Crippen LogP contribution < -0.4 is 5.32 Å². The molecule has 1 saturated heterocycles. The highest BCUT2D eigenvalue weighted by Crippen LogP contribution is 2.20. The highest BCUT2D eigenvalue weighted by Gasteiger charge is 2.21. The van der Waals surface area contributed by atoms with Gasteiger partial charge in [0.1, 0.15) is 5.82 Å². The Labute approximate surface area is 103 Å². The molecular formula is C13H23N3O. The average Bonchev–Trinajstić information content (AvgIpc) is 2.78. The molecule has 1 aliphatic heterocycles. The summed E-state index contributed by atoms with van der Waals surface area (Å²) in [6.07, 6.45) is 5.70. The molecule has 4 heteroatoms. The minimum absolute atomic E-state index is 0.411. The Morgan fingerprint density at radius 3 is 3.06 bits per heavy atom. The number of hydrogen-bond acceptors (Lipinski definition) is 3. The first-order valence-electron chi connectivity index (χ1n) is 6.62. The van der Waals surface area contributed by atoms with Gasteiger partial charge in [0.05, 0.1) is 6.10 Å². The second kappa shape index (κ2) is 5.54. The topological polar surface area (TPSA) is 39.1 Å². The second-order valence-electron chi connectivity index (χ2n) is 5.04. The smallest absolute Gasteiger partial charge is 0.148 e. The number of ether oxygens (including phenoxy) is 1. The summed E-state index contributed by atoms with van der Waals surface area (Å²) in [5, 5.41) is 8.03. The van der Waals surface area contributed by atoms with Gasteiger partial charge >= 0.3 is 0 Å². The Kier molecular flexibility index (Phi) is 4.05. The van der Waals surface area contributed by atoms with E-state index in [0.29, 0.717) is 18.2 Å². The molecule has 2 rings (SSSR count). The lowest BCUT2D eigenvalue weighted by Crippen LogP contribution is -2.33. The van der Waals surface area contributed by atoms with Crippen LogP contribution in [0.25, 0.3) is 0 Å². The van der Waals surface area contributed by atoms with Gasteiger partial charge in [-0.1, -0.05) is 6.92 Å². The van der Waals surface area contributed by atoms with Crippen LogP contribution in [0.3, 0.4) is 0 Å². The maximum absolute atomic E-state index is 5.67. The maximum Gasteiger partial charge on any atom is 0.148 e. The second-order valence-corrected chi connectivity index (χ2v) is 5.04. The lowest BCUT2D eigenvalue weighted by atomic mass is 10.0. The highest BCUT2D eigenvalue weighted by molar-refractivity contribution is 5.33. The fourth-order valence-corrected chi connectivity index (χ4v) is 2.21. The molecule has 0 spiro atoms. The largest absolute Gasteiger partial charge is 0.378 e. The third kappa shape index (κ3) is 3.22. The molecule has 0 aromatic carbocycles. The number of nitrogens with one attached hydrogen (secondary N) is 1. The van der Waals surface area contributed by atoms with Crippen LogP contribution in [-0.4, -0.2) is 28.5 Å². The Morgan fingerprint density at radius 2 is 2.41 bits per heavy atom. The molecule has 1 fully saturated rings. The Morgan fingerprint density at radius 1 is 1.59 bits per heavy atom. The van der Waals surface area contributed by atoms with Crippen molar-refractivity contribution in [3.63, 3.8) is 0 Å². The van der Waals surface area contributed by atoms with Crippen molar-refractivity contribution in [2.75, 3.05) is 11.9 Å². The summed E-state index contributed by atoms with van der Waals surface area (Å²) in [6, 6.07) is 2.98. The van der Waals surface area contributed by atoms with Crippen molar-refractivity contribution in [2.45, 2.75) is 58.2 Å². The molecule has 17 heavy (non-hydrogen) atoms. The van der Waals surface area contributed by atoms with Crippen molar-refractivity contribution in [1.82, 2.24) is 9.78 Å². The standard InChI is InChI=1S/C13H23N3O/c1-4-12-9-11(6-8-17-12)14-13-5-7-16(15-13)10(2)3/h5,7,10-12H,4,6,8-9H2,1-3H3,(H,14,15). The number of rotatable bonds is 4. The van der Waals surface area contributed by atoms with Crippen LogP contribution >= 0.6 is 0 Å². The van der Waals surface area contributed by atoms with Crippen LogP contribution in [0, 0.1) is 0 Å². The number of aromatic nitrogens is 2. The van der Waals surface area contributed by atoms with E-state index in [-0.39, 0.29) is 0 Å². The van der Waals surface area contributed by atoms with E-state index in [1.165, 1.54) is 0 Å². The maximum atomic E-state index is 5.67. The summed E-state index contributed by atoms with van der Waals surface area (Å²) in [7, 11) is 0. The van der Waals surface area contributed by atoms with E-state index in [4.69, 9.17) is 4.74 Å². The van der Waals surface area contributed by atoms with Crippen LogP contribution in [0.1, 0.15) is 46.1 Å². The summed E-state index contributed by atoms with van der Waals surface area (Å²) in [4.78, 5) is 0. The molecule has 0 bridgehead atoms. The van der Waals surface area contributed by atoms with Crippen molar-refractivity contribution in [3.05, 3.63) is 12.3 Å². The monoisotopic (exact) mass is 237 g/mol. The van der Waals surface area contributed by atoms with Gasteiger partial charge in [0, 0.05) is 31.0 Å². The molecule has 2 atom stereocenters. The van der Waals surface area contributed by atoms with Gasteiger partial charge in [0.25, 0.3) is 0 Å². The minimum atomic E-state index is 0.411. The summed E-state index contributed by atoms with van der Waals surface area (Å²) < 4.78 is 7.66. The average molecular weight is 237 g/mol. The van der Waals surface area contributed by atoms with E-state index in [9.17, 15) is 0 Å². The first-order chi connectivity index (χ1) is 8.19. The zero-order valence-electron chi connectivity index (χ0n) is 11.0. The molecule has 1 aromatic rings. The Balaban J connectivity index is 1.91. The van der Waals surface area contributed by atoms with Crippen LogP contribution in [0.5, 0.6) is 0 Å². The number of nitrogens with zero attached hydrogens (tertiary/aromatic N) is 2. The molecule has 96 valence electrons. The van der Waals surface area contributed by atoms with Crippen molar-refractivity contribution in [3.8, 4) is 0 Å². The number of anilines is 1. The predicted molar refractivity (Wildman–Crippen MR) is 69.3 cm³/mol. The fourth-order valence-electron chi connectivity index (χ4n) is 2.21. The molecule has 4 nitrogen and oxygen atoms in total. The van der Waals surface area contributed by atoms with Crippen molar-refractivity contribution in [1.29, 1.82) is 0 Å². The van der Waals surface area contributed by atoms with Crippen LogP contribution in [0.2, 0.25) is 0 Å². The third-order valence-electron chi connectivity index (χ3n) is 3.31. The normalized spacial score (nSPS) is 25.2. The molecule has 0 aliphatic carbocycles. The summed E-state index contributed by atoms with van der Waals surface area (Å²) in [6.45, 7) is 7.32. The molecule has 2 heterocycles. The van der Waals surface area contributed by atoms with Gasteiger partial charge < -0.3 is 10.1 Å². The summed E-state index contributed by atoms with van der Waals surface area (Å²) in [5.41, 5.74) is 0. The summed E-state index contributed by atoms with van der Waals surface area (Å²) >= 11 is 0. The molecule has 1 aromatic heterocycles. The first kappa shape index (κ1) is 12.4. The zero-order chi connectivity index (χ0) is 12.3. The lowest BCUT2D eigenvalue weighted by Gasteiger charge is -2.29. The van der Waals surface area contributed by atoms with Gasteiger partial charge in [0.15, 0.2) is 0 Å². The molecular weight excluding hydrogens is 214 g/mol. The van der Waals surface area contributed by atoms with Crippen LogP contribution in [-0.2, 0) is 4.74 Å². The molecule has 1 N–H and O–H groups in total. The van der Waals surface area contributed by atoms with Crippen molar-refractivity contribution < 1.29 is 4.74 Å². The molecule has 0 radical (unpaired) electrons. The van der Waals surface area contributed by atoms with Gasteiger partial charge in [-0.3, -0.25) is 4.68 Å². The third-order valence-corrected chi connectivity index (χ3v) is 3.31. The molecule has 2 unspecified atom stereocenters. The summed E-state index contributed by atoms with van der Waals surface area (Å²) in [5.74, 6) is 0.987. The minimum Gasteiger partial charge on any atom is -0.378 e. The van der Waals surface area contributed by atoms with E-state index in [1.807, 2.05) is 10.9 Å². The van der Waals surface area contributed by atoms with Gasteiger partial charge in [-0.25, -0.2) is 0 Å². The van der Waals surface area contributed by atoms with E-state index in [2.05, 4.69) is 37.3 Å². The van der Waals surface area contributed by atoms with Crippen LogP contribution in [0.15, 0.2) is 12.3 Å². The Bertz CT molecular complexity index is 348. The molecule has 0 saturated carbocycles. The van der Waals surface area contributed by atoms with Gasteiger partial charge in [-0.05, 0) is 33.1 Å². The first-order valence-corrected chi connectivity index (χ1v) is 6.62. The molecule has 0 amide bonds. The van der Waals surface area contributed by atoms with Crippen molar-refractivity contribution >= 4 is 5.82 Å². The quantitative estimate of drug-likeness (QED) is 0.875. The molecule has 1 aliphatic rings. The SMILES string of the molecule is CCC1CC(Nc2ccn(C(C)C)n2)CCO1. The highest BCUT2D eigenvalue weighted by atomic mass is 16.5. The van der Waals surface area contributed by atoms with Crippen molar-refractivity contribution in [2.24, 2.45) is 0 Å². The fraction of sp³-hybridized carbons (Fsp3) is 0.769.